The molecule has 0 radical (unpaired) electrons. The van der Waals surface area contributed by atoms with E-state index in [1.165, 1.54) is 16.8 Å². The van der Waals surface area contributed by atoms with E-state index >= 15 is 0 Å². The van der Waals surface area contributed by atoms with Gasteiger partial charge in [-0.2, -0.15) is 0 Å². The summed E-state index contributed by atoms with van der Waals surface area (Å²) in [5.41, 5.74) is -0.908. The van der Waals surface area contributed by atoms with E-state index < -0.39 is 17.5 Å². The fraction of sp³-hybridized carbons (Fsp3) is 0.600. The summed E-state index contributed by atoms with van der Waals surface area (Å²) in [6.07, 6.45) is 1.41. The first-order valence-corrected chi connectivity index (χ1v) is 5.19. The zero-order chi connectivity index (χ0) is 11.7. The van der Waals surface area contributed by atoms with Gasteiger partial charge in [0.1, 0.15) is 6.23 Å². The molecule has 1 fully saturated rings. The maximum Gasteiger partial charge on any atom is 0.330 e. The summed E-state index contributed by atoms with van der Waals surface area (Å²) < 4.78 is 6.86. The van der Waals surface area contributed by atoms with Crippen LogP contribution in [-0.4, -0.2) is 27.4 Å². The molecule has 2 heterocycles. The second-order valence-electron chi connectivity index (χ2n) is 4.04. The van der Waals surface area contributed by atoms with Gasteiger partial charge in [0, 0.05) is 12.3 Å². The Hall–Kier alpha value is -1.40. The van der Waals surface area contributed by atoms with Crippen molar-refractivity contribution in [2.75, 3.05) is 6.61 Å². The number of aromatic amines is 1. The lowest BCUT2D eigenvalue weighted by atomic mass is 10.0. The maximum absolute atomic E-state index is 11.5. The average Bonchev–Trinajstić information content (AvgIpc) is 2.59. The first-order valence-electron chi connectivity index (χ1n) is 5.19. The number of nitrogens with zero attached hydrogens (tertiary/aromatic N) is 1. The molecule has 3 atom stereocenters. The minimum Gasteiger partial charge on any atom is -0.394 e. The average molecular weight is 226 g/mol. The zero-order valence-corrected chi connectivity index (χ0v) is 8.92. The smallest absolute Gasteiger partial charge is 0.330 e. The number of aliphatic hydroxyl groups is 1. The van der Waals surface area contributed by atoms with Crippen LogP contribution in [0.3, 0.4) is 0 Å². The molecule has 1 aliphatic heterocycles. The quantitative estimate of drug-likeness (QED) is 0.708. The normalized spacial score (nSPS) is 29.5. The molecule has 1 saturated heterocycles. The van der Waals surface area contributed by atoms with Crippen LogP contribution in [0.15, 0.2) is 21.9 Å². The summed E-state index contributed by atoms with van der Waals surface area (Å²) in [5.74, 6) is 0.189. The van der Waals surface area contributed by atoms with Gasteiger partial charge in [0.05, 0.1) is 12.7 Å². The van der Waals surface area contributed by atoms with Crippen molar-refractivity contribution >= 4 is 0 Å². The third kappa shape index (κ3) is 1.94. The van der Waals surface area contributed by atoms with Crippen molar-refractivity contribution in [2.45, 2.75) is 25.7 Å². The van der Waals surface area contributed by atoms with E-state index in [0.717, 1.165) is 0 Å². The molecule has 2 unspecified atom stereocenters. The minimum atomic E-state index is -0.483. The van der Waals surface area contributed by atoms with Gasteiger partial charge in [-0.3, -0.25) is 14.3 Å². The largest absolute Gasteiger partial charge is 0.394 e. The van der Waals surface area contributed by atoms with E-state index in [9.17, 15) is 9.59 Å². The highest BCUT2D eigenvalue weighted by molar-refractivity contribution is 4.87. The lowest BCUT2D eigenvalue weighted by Crippen LogP contribution is -2.31. The van der Waals surface area contributed by atoms with Crippen molar-refractivity contribution in [1.29, 1.82) is 0 Å². The summed E-state index contributed by atoms with van der Waals surface area (Å²) >= 11 is 0. The highest BCUT2D eigenvalue weighted by Gasteiger charge is 2.32. The van der Waals surface area contributed by atoms with E-state index in [2.05, 4.69) is 4.98 Å². The topological polar surface area (TPSA) is 84.3 Å². The zero-order valence-electron chi connectivity index (χ0n) is 8.92. The van der Waals surface area contributed by atoms with Crippen molar-refractivity contribution in [1.82, 2.24) is 9.55 Å². The molecule has 2 rings (SSSR count). The fourth-order valence-electron chi connectivity index (χ4n) is 1.92. The SMILES string of the molecule is CC1C[C@H](n2ccc(=O)[nH]c2=O)OC1CO. The molecule has 1 aromatic rings. The molecule has 1 aromatic heterocycles. The van der Waals surface area contributed by atoms with Crippen molar-refractivity contribution in [3.8, 4) is 0 Å². The van der Waals surface area contributed by atoms with E-state index in [-0.39, 0.29) is 18.6 Å². The lowest BCUT2D eigenvalue weighted by molar-refractivity contribution is -0.0313. The Morgan fingerprint density at radius 3 is 2.94 bits per heavy atom. The molecule has 0 saturated carbocycles. The molecule has 0 aromatic carbocycles. The van der Waals surface area contributed by atoms with Crippen molar-refractivity contribution in [3.63, 3.8) is 0 Å². The summed E-state index contributed by atoms with van der Waals surface area (Å²) in [7, 11) is 0. The van der Waals surface area contributed by atoms with E-state index in [1.54, 1.807) is 0 Å². The standard InChI is InChI=1S/C10H14N2O4/c1-6-4-9(16-7(6)5-13)12-3-2-8(14)11-10(12)15/h2-3,6-7,9,13H,4-5H2,1H3,(H,11,14,15)/t6?,7?,9-/m1/s1. The molecule has 0 bridgehead atoms. The first kappa shape index (κ1) is 11.1. The van der Waals surface area contributed by atoms with Crippen LogP contribution in [-0.2, 0) is 4.74 Å². The lowest BCUT2D eigenvalue weighted by Gasteiger charge is -2.14. The Balaban J connectivity index is 2.27. The third-order valence-electron chi connectivity index (χ3n) is 2.88. The highest BCUT2D eigenvalue weighted by atomic mass is 16.5. The van der Waals surface area contributed by atoms with Crippen LogP contribution in [0.5, 0.6) is 0 Å². The Morgan fingerprint density at radius 2 is 2.38 bits per heavy atom. The second kappa shape index (κ2) is 4.23. The van der Waals surface area contributed by atoms with Crippen LogP contribution < -0.4 is 11.2 Å². The van der Waals surface area contributed by atoms with Crippen LogP contribution in [0.25, 0.3) is 0 Å². The molecule has 88 valence electrons. The fourth-order valence-corrected chi connectivity index (χ4v) is 1.92. The predicted octanol–water partition coefficient (Wildman–Crippen LogP) is -0.548. The van der Waals surface area contributed by atoms with Gasteiger partial charge in [0.2, 0.25) is 0 Å². The Bertz CT molecular complexity index is 478. The van der Waals surface area contributed by atoms with Gasteiger partial charge in [-0.15, -0.1) is 0 Å². The minimum absolute atomic E-state index is 0.0598. The number of aliphatic hydroxyl groups excluding tert-OH is 1. The first-order chi connectivity index (χ1) is 7.61. The van der Waals surface area contributed by atoms with Crippen molar-refractivity contribution in [3.05, 3.63) is 33.1 Å². The van der Waals surface area contributed by atoms with Crippen LogP contribution >= 0.6 is 0 Å². The highest BCUT2D eigenvalue weighted by Crippen LogP contribution is 2.31. The van der Waals surface area contributed by atoms with Gasteiger partial charge in [-0.05, 0) is 12.3 Å². The molecule has 0 aliphatic carbocycles. The van der Waals surface area contributed by atoms with Crippen LogP contribution in [0.2, 0.25) is 0 Å². The van der Waals surface area contributed by atoms with Crippen molar-refractivity contribution < 1.29 is 9.84 Å². The van der Waals surface area contributed by atoms with Gasteiger partial charge >= 0.3 is 5.69 Å². The van der Waals surface area contributed by atoms with E-state index in [4.69, 9.17) is 9.84 Å². The van der Waals surface area contributed by atoms with E-state index in [0.29, 0.717) is 6.42 Å². The van der Waals surface area contributed by atoms with Crippen molar-refractivity contribution in [2.24, 2.45) is 5.92 Å². The van der Waals surface area contributed by atoms with Crippen LogP contribution in [0, 0.1) is 5.92 Å². The molecule has 0 spiro atoms. The predicted molar refractivity (Wildman–Crippen MR) is 56.1 cm³/mol. The molecular formula is C10H14N2O4. The summed E-state index contributed by atoms with van der Waals surface area (Å²) in [6.45, 7) is 1.90. The monoisotopic (exact) mass is 226 g/mol. The number of H-pyrrole nitrogens is 1. The number of hydrogen-bond donors (Lipinski definition) is 2. The number of nitrogens with one attached hydrogen (secondary N) is 1. The van der Waals surface area contributed by atoms with E-state index in [1.807, 2.05) is 6.92 Å². The molecular weight excluding hydrogens is 212 g/mol. The summed E-state index contributed by atoms with van der Waals surface area (Å²) in [4.78, 5) is 24.6. The Kier molecular flexibility index (Phi) is 2.93. The summed E-state index contributed by atoms with van der Waals surface area (Å²) in [5, 5.41) is 9.04. The third-order valence-corrected chi connectivity index (χ3v) is 2.88. The number of hydrogen-bond acceptors (Lipinski definition) is 4. The second-order valence-corrected chi connectivity index (χ2v) is 4.04. The van der Waals surface area contributed by atoms with Crippen LogP contribution in [0.1, 0.15) is 19.6 Å². The molecule has 6 heteroatoms. The Morgan fingerprint density at radius 1 is 1.62 bits per heavy atom. The molecule has 2 N–H and O–H groups in total. The van der Waals surface area contributed by atoms with Gasteiger partial charge in [0.15, 0.2) is 0 Å². The Labute approximate surface area is 91.5 Å². The summed E-state index contributed by atoms with van der Waals surface area (Å²) in [6, 6.07) is 1.28. The molecule has 0 amide bonds. The molecule has 6 nitrogen and oxygen atoms in total. The van der Waals surface area contributed by atoms with Gasteiger partial charge in [0.25, 0.3) is 5.56 Å². The number of aromatic nitrogens is 2. The number of ether oxygens (including phenoxy) is 1. The van der Waals surface area contributed by atoms with Gasteiger partial charge in [-0.25, -0.2) is 4.79 Å². The molecule has 1 aliphatic rings. The number of rotatable bonds is 2. The van der Waals surface area contributed by atoms with Gasteiger partial charge < -0.3 is 9.84 Å². The maximum atomic E-state index is 11.5. The molecule has 16 heavy (non-hydrogen) atoms. The van der Waals surface area contributed by atoms with Gasteiger partial charge in [-0.1, -0.05) is 6.92 Å². The van der Waals surface area contributed by atoms with Crippen LogP contribution in [0.4, 0.5) is 0 Å².